The molecule has 0 saturated heterocycles. The number of aromatic nitrogens is 6. The Morgan fingerprint density at radius 3 is 0.891 bits per heavy atom. The quantitative estimate of drug-likeness (QED) is 0.141. The molecule has 8 aromatic carbocycles. The van der Waals surface area contributed by atoms with E-state index >= 15 is 0 Å². The molecule has 8 nitrogen and oxygen atoms in total. The van der Waals surface area contributed by atoms with Crippen molar-refractivity contribution in [3.8, 4) is 114 Å². The minimum Gasteiger partial charge on any atom is -0.208 e. The van der Waals surface area contributed by atoms with Crippen LogP contribution in [0.3, 0.4) is 0 Å². The second-order valence-corrected chi connectivity index (χ2v) is 14.9. The molecular formula is C56H34N8. The third kappa shape index (κ3) is 7.78. The highest BCUT2D eigenvalue weighted by Gasteiger charge is 2.20. The Labute approximate surface area is 370 Å². The second-order valence-electron chi connectivity index (χ2n) is 14.9. The summed E-state index contributed by atoms with van der Waals surface area (Å²) in [6, 6.07) is 71.8. The fraction of sp³-hybridized carbons (Fsp3) is 0. The molecule has 10 rings (SSSR count). The zero-order chi connectivity index (χ0) is 43.2. The zero-order valence-electron chi connectivity index (χ0n) is 34.2. The van der Waals surface area contributed by atoms with Crippen molar-refractivity contribution < 1.29 is 0 Å². The largest absolute Gasteiger partial charge is 0.208 e. The lowest BCUT2D eigenvalue weighted by Crippen LogP contribution is -2.02. The van der Waals surface area contributed by atoms with Crippen LogP contribution in [0.5, 0.6) is 0 Å². The van der Waals surface area contributed by atoms with E-state index in [9.17, 15) is 10.5 Å². The molecule has 298 valence electrons. The Morgan fingerprint density at radius 1 is 0.234 bits per heavy atom. The van der Waals surface area contributed by atoms with E-state index in [1.165, 1.54) is 0 Å². The molecule has 0 atom stereocenters. The van der Waals surface area contributed by atoms with Crippen LogP contribution in [0.15, 0.2) is 206 Å². The number of hydrogen-bond donors (Lipinski definition) is 0. The molecule has 0 fully saturated rings. The molecule has 0 amide bonds. The van der Waals surface area contributed by atoms with Crippen molar-refractivity contribution in [2.45, 2.75) is 0 Å². The topological polar surface area (TPSA) is 125 Å². The van der Waals surface area contributed by atoms with Gasteiger partial charge in [-0.1, -0.05) is 182 Å². The lowest BCUT2D eigenvalue weighted by atomic mass is 9.91. The summed E-state index contributed by atoms with van der Waals surface area (Å²) in [7, 11) is 0. The van der Waals surface area contributed by atoms with Gasteiger partial charge in [-0.05, 0) is 57.6 Å². The van der Waals surface area contributed by atoms with Gasteiger partial charge in [-0.15, -0.1) is 0 Å². The fourth-order valence-electron chi connectivity index (χ4n) is 7.78. The van der Waals surface area contributed by atoms with Crippen LogP contribution in [0.4, 0.5) is 0 Å². The van der Waals surface area contributed by atoms with Crippen molar-refractivity contribution in [3.63, 3.8) is 0 Å². The first-order valence-corrected chi connectivity index (χ1v) is 20.7. The third-order valence-corrected chi connectivity index (χ3v) is 10.9. The van der Waals surface area contributed by atoms with E-state index in [4.69, 9.17) is 29.9 Å². The zero-order valence-corrected chi connectivity index (χ0v) is 34.2. The van der Waals surface area contributed by atoms with Gasteiger partial charge in [0, 0.05) is 33.4 Å². The summed E-state index contributed by atoms with van der Waals surface area (Å²) in [5, 5.41) is 21.0. The second kappa shape index (κ2) is 17.4. The maximum absolute atomic E-state index is 10.5. The summed E-state index contributed by atoms with van der Waals surface area (Å²) < 4.78 is 0. The van der Waals surface area contributed by atoms with Crippen molar-refractivity contribution in [2.24, 2.45) is 0 Å². The van der Waals surface area contributed by atoms with Crippen LogP contribution >= 0.6 is 0 Å². The molecule has 8 heteroatoms. The lowest BCUT2D eigenvalue weighted by molar-refractivity contribution is 1.07. The van der Waals surface area contributed by atoms with Crippen LogP contribution in [-0.2, 0) is 0 Å². The number of nitriles is 2. The minimum absolute atomic E-state index is 0.376. The summed E-state index contributed by atoms with van der Waals surface area (Å²) in [4.78, 5) is 29.9. The predicted molar refractivity (Wildman–Crippen MR) is 252 cm³/mol. The van der Waals surface area contributed by atoms with Crippen LogP contribution in [0, 0.1) is 22.7 Å². The first kappa shape index (κ1) is 38.9. The molecule has 64 heavy (non-hydrogen) atoms. The van der Waals surface area contributed by atoms with Crippen molar-refractivity contribution in [2.75, 3.05) is 0 Å². The maximum Gasteiger partial charge on any atom is 0.165 e. The van der Waals surface area contributed by atoms with Crippen LogP contribution in [0.2, 0.25) is 0 Å². The van der Waals surface area contributed by atoms with E-state index in [-0.39, 0.29) is 0 Å². The van der Waals surface area contributed by atoms with E-state index < -0.39 is 0 Å². The van der Waals surface area contributed by atoms with Crippen molar-refractivity contribution >= 4 is 0 Å². The highest BCUT2D eigenvalue weighted by molar-refractivity contribution is 5.89. The molecule has 0 bridgehead atoms. The normalized spacial score (nSPS) is 10.8. The molecule has 0 saturated carbocycles. The molecular weight excluding hydrogens is 785 g/mol. The number of benzene rings is 8. The van der Waals surface area contributed by atoms with E-state index in [0.29, 0.717) is 57.2 Å². The van der Waals surface area contributed by atoms with Crippen LogP contribution in [0.1, 0.15) is 11.1 Å². The summed E-state index contributed by atoms with van der Waals surface area (Å²) in [5.41, 5.74) is 10.9. The Balaban J connectivity index is 1.12. The first-order chi connectivity index (χ1) is 31.6. The Kier molecular flexibility index (Phi) is 10.6. The average molecular weight is 819 g/mol. The number of hydrogen-bond acceptors (Lipinski definition) is 8. The Bertz CT molecular complexity index is 3340. The Hall–Kier alpha value is -9.24. The van der Waals surface area contributed by atoms with Gasteiger partial charge < -0.3 is 0 Å². The molecule has 0 aliphatic carbocycles. The molecule has 10 aromatic rings. The van der Waals surface area contributed by atoms with E-state index in [1.807, 2.05) is 188 Å². The monoisotopic (exact) mass is 818 g/mol. The number of nitrogens with zero attached hydrogens (tertiary/aromatic N) is 8. The van der Waals surface area contributed by atoms with Crippen LogP contribution < -0.4 is 0 Å². The summed E-state index contributed by atoms with van der Waals surface area (Å²) in [5.74, 6) is 2.76. The SMILES string of the molecule is N#Cc1ccc(-c2ccccc2-c2ccc(C#N)c(-c3nc(-c4ccccc4)nc(-c4ccccc4-c4ccccc4)n3)c2)cc1-c1nc(-c2ccccc2)nc(-c2ccccc2)n1. The number of rotatable bonds is 9. The molecule has 0 aliphatic heterocycles. The molecule has 2 aromatic heterocycles. The molecule has 0 unspecified atom stereocenters. The molecule has 0 N–H and O–H groups in total. The molecule has 0 spiro atoms. The highest BCUT2D eigenvalue weighted by atomic mass is 15.0. The van der Waals surface area contributed by atoms with Crippen LogP contribution in [0.25, 0.3) is 102 Å². The van der Waals surface area contributed by atoms with Gasteiger partial charge in [-0.2, -0.15) is 10.5 Å². The predicted octanol–water partition coefficient (Wildman–Crippen LogP) is 12.8. The van der Waals surface area contributed by atoms with Crippen molar-refractivity contribution in [1.29, 1.82) is 10.5 Å². The minimum atomic E-state index is 0.376. The van der Waals surface area contributed by atoms with Crippen LogP contribution in [-0.4, -0.2) is 29.9 Å². The van der Waals surface area contributed by atoms with Gasteiger partial charge in [-0.25, -0.2) is 29.9 Å². The van der Waals surface area contributed by atoms with Gasteiger partial charge in [0.05, 0.1) is 23.3 Å². The third-order valence-electron chi connectivity index (χ3n) is 10.9. The van der Waals surface area contributed by atoms with Gasteiger partial charge in [0.1, 0.15) is 0 Å². The fourth-order valence-corrected chi connectivity index (χ4v) is 7.78. The molecule has 0 radical (unpaired) electrons. The Morgan fingerprint density at radius 2 is 0.516 bits per heavy atom. The van der Waals surface area contributed by atoms with E-state index in [0.717, 1.165) is 55.6 Å². The standard InChI is InChI=1S/C56H34N8/c57-35-43-31-29-41(33-49(43)55-61-51(38-19-7-2-8-20-38)59-52(62-55)39-21-9-3-10-22-39)46-26-13-14-27-47(46)42-30-32-44(36-58)50(34-42)56-63-53(40-23-11-4-12-24-40)60-54(64-56)48-28-16-15-25-45(48)37-17-5-1-6-18-37/h1-34H. The highest BCUT2D eigenvalue weighted by Crippen LogP contribution is 2.39. The van der Waals surface area contributed by atoms with Gasteiger partial charge in [0.2, 0.25) is 0 Å². The van der Waals surface area contributed by atoms with Gasteiger partial charge in [0.15, 0.2) is 34.9 Å². The van der Waals surface area contributed by atoms with Crippen molar-refractivity contribution in [3.05, 3.63) is 217 Å². The van der Waals surface area contributed by atoms with E-state index in [2.05, 4.69) is 30.3 Å². The van der Waals surface area contributed by atoms with Gasteiger partial charge >= 0.3 is 0 Å². The molecule has 2 heterocycles. The average Bonchev–Trinajstić information content (AvgIpc) is 3.39. The molecule has 0 aliphatic rings. The maximum atomic E-state index is 10.5. The van der Waals surface area contributed by atoms with Gasteiger partial charge in [0.25, 0.3) is 0 Å². The summed E-state index contributed by atoms with van der Waals surface area (Å²) >= 11 is 0. The van der Waals surface area contributed by atoms with Gasteiger partial charge in [-0.3, -0.25) is 0 Å². The van der Waals surface area contributed by atoms with Crippen molar-refractivity contribution in [1.82, 2.24) is 29.9 Å². The smallest absolute Gasteiger partial charge is 0.165 e. The van der Waals surface area contributed by atoms with E-state index in [1.54, 1.807) is 0 Å². The first-order valence-electron chi connectivity index (χ1n) is 20.7. The summed E-state index contributed by atoms with van der Waals surface area (Å²) in [6.07, 6.45) is 0. The lowest BCUT2D eigenvalue weighted by Gasteiger charge is -2.15. The summed E-state index contributed by atoms with van der Waals surface area (Å²) in [6.45, 7) is 0.